The lowest BCUT2D eigenvalue weighted by Gasteiger charge is -2.30. The van der Waals surface area contributed by atoms with Crippen LogP contribution in [0.25, 0.3) is 5.00 Å². The van der Waals surface area contributed by atoms with Crippen molar-refractivity contribution in [1.82, 2.24) is 18.7 Å². The average Bonchev–Trinajstić information content (AvgIpc) is 3.39. The lowest BCUT2D eigenvalue weighted by Crippen LogP contribution is -2.39. The van der Waals surface area contributed by atoms with Crippen LogP contribution in [-0.4, -0.2) is 52.3 Å². The number of piperidine rings is 1. The van der Waals surface area contributed by atoms with Crippen molar-refractivity contribution in [3.63, 3.8) is 0 Å². The van der Waals surface area contributed by atoms with Gasteiger partial charge in [0.05, 0.1) is 6.26 Å². The number of anilines is 1. The molecule has 1 aliphatic rings. The third-order valence-electron chi connectivity index (χ3n) is 5.89. The maximum absolute atomic E-state index is 13.3. The Morgan fingerprint density at radius 2 is 2.03 bits per heavy atom. The summed E-state index contributed by atoms with van der Waals surface area (Å²) in [6.07, 6.45) is 2.58. The van der Waals surface area contributed by atoms with Crippen molar-refractivity contribution in [2.45, 2.75) is 39.2 Å². The zero-order chi connectivity index (χ0) is 23.8. The Labute approximate surface area is 196 Å². The molecule has 2 aromatic heterocycles. The first-order chi connectivity index (χ1) is 15.6. The summed E-state index contributed by atoms with van der Waals surface area (Å²) in [5.74, 6) is -0.119. The van der Waals surface area contributed by atoms with Gasteiger partial charge in [-0.2, -0.15) is 5.10 Å². The van der Waals surface area contributed by atoms with E-state index in [9.17, 15) is 18.0 Å². The van der Waals surface area contributed by atoms with E-state index in [1.54, 1.807) is 0 Å². The van der Waals surface area contributed by atoms with Crippen molar-refractivity contribution >= 4 is 33.0 Å². The smallest absolute Gasteiger partial charge is 0.324 e. The second-order valence-corrected chi connectivity index (χ2v) is 11.3. The van der Waals surface area contributed by atoms with Gasteiger partial charge in [-0.25, -0.2) is 26.8 Å². The van der Waals surface area contributed by atoms with E-state index < -0.39 is 15.7 Å². The zero-order valence-corrected chi connectivity index (χ0v) is 20.4. The van der Waals surface area contributed by atoms with E-state index in [0.717, 1.165) is 15.8 Å². The van der Waals surface area contributed by atoms with Crippen LogP contribution in [0.3, 0.4) is 0 Å². The van der Waals surface area contributed by atoms with Gasteiger partial charge in [0.25, 0.3) is 0 Å². The van der Waals surface area contributed by atoms with E-state index in [0.29, 0.717) is 35.9 Å². The highest BCUT2D eigenvalue weighted by molar-refractivity contribution is 7.88. The van der Waals surface area contributed by atoms with Crippen molar-refractivity contribution in [2.24, 2.45) is 0 Å². The number of benzene rings is 1. The molecule has 1 atom stereocenters. The van der Waals surface area contributed by atoms with Gasteiger partial charge in [-0.1, -0.05) is 6.07 Å². The summed E-state index contributed by atoms with van der Waals surface area (Å²) in [6.45, 7) is 4.44. The highest BCUT2D eigenvalue weighted by Gasteiger charge is 2.32. The molecule has 9 nitrogen and oxygen atoms in total. The third kappa shape index (κ3) is 5.10. The van der Waals surface area contributed by atoms with Crippen LogP contribution in [-0.2, 0) is 21.4 Å². The molecule has 0 aliphatic carbocycles. The second kappa shape index (κ2) is 9.24. The molecule has 1 saturated heterocycles. The Kier molecular flexibility index (Phi) is 6.55. The van der Waals surface area contributed by atoms with Crippen molar-refractivity contribution in [2.75, 3.05) is 24.7 Å². The van der Waals surface area contributed by atoms with E-state index in [1.807, 2.05) is 49.6 Å². The number of aryl methyl sites for hydroxylation is 2. The van der Waals surface area contributed by atoms with Gasteiger partial charge >= 0.3 is 5.69 Å². The first kappa shape index (κ1) is 23.4. The Morgan fingerprint density at radius 1 is 1.24 bits per heavy atom. The summed E-state index contributed by atoms with van der Waals surface area (Å²) in [7, 11) is -3.35. The number of hydrogen-bond acceptors (Lipinski definition) is 6. The predicted octanol–water partition coefficient (Wildman–Crippen LogP) is 2.49. The first-order valence-corrected chi connectivity index (χ1v) is 13.4. The molecular formula is C22H27N5O4S2. The maximum atomic E-state index is 13.3. The molecule has 11 heteroatoms. The monoisotopic (exact) mass is 489 g/mol. The number of carbonyl (C=O) groups excluding carboxylic acids is 1. The van der Waals surface area contributed by atoms with Gasteiger partial charge in [0.15, 0.2) is 0 Å². The van der Waals surface area contributed by atoms with E-state index in [4.69, 9.17) is 0 Å². The molecule has 4 rings (SSSR count). The third-order valence-corrected chi connectivity index (χ3v) is 8.02. The van der Waals surface area contributed by atoms with Gasteiger partial charge in [-0.3, -0.25) is 4.79 Å². The lowest BCUT2D eigenvalue weighted by molar-refractivity contribution is -0.117. The van der Waals surface area contributed by atoms with Crippen molar-refractivity contribution in [3.8, 4) is 5.00 Å². The number of nitrogens with one attached hydrogen (secondary N) is 1. The number of nitrogens with zero attached hydrogens (tertiary/aromatic N) is 4. The Morgan fingerprint density at radius 3 is 2.70 bits per heavy atom. The molecule has 1 fully saturated rings. The quantitative estimate of drug-likeness (QED) is 0.573. The fraction of sp³-hybridized carbons (Fsp3) is 0.409. The molecule has 176 valence electrons. The SMILES string of the molecule is Cc1ccc(NC(=O)Cn2nc(C3CCCN(S(C)(=O)=O)C3)n(-c3cccs3)c2=O)cc1C. The summed E-state index contributed by atoms with van der Waals surface area (Å²) in [5, 5.41) is 9.88. The van der Waals surface area contributed by atoms with E-state index >= 15 is 0 Å². The molecule has 0 radical (unpaired) electrons. The van der Waals surface area contributed by atoms with Crippen LogP contribution in [0.2, 0.25) is 0 Å². The van der Waals surface area contributed by atoms with Crippen LogP contribution in [0.5, 0.6) is 0 Å². The van der Waals surface area contributed by atoms with Crippen LogP contribution >= 0.6 is 11.3 Å². The molecule has 0 bridgehead atoms. The number of aromatic nitrogens is 3. The fourth-order valence-corrected chi connectivity index (χ4v) is 5.65. The Hall–Kier alpha value is -2.76. The number of hydrogen-bond donors (Lipinski definition) is 1. The Balaban J connectivity index is 1.64. The number of thiophene rings is 1. The summed E-state index contributed by atoms with van der Waals surface area (Å²) in [6, 6.07) is 9.28. The number of amides is 1. The second-order valence-electron chi connectivity index (χ2n) is 8.39. The van der Waals surface area contributed by atoms with Gasteiger partial charge < -0.3 is 5.32 Å². The summed E-state index contributed by atoms with van der Waals surface area (Å²) < 4.78 is 28.3. The lowest BCUT2D eigenvalue weighted by atomic mass is 9.99. The fourth-order valence-electron chi connectivity index (χ4n) is 4.01. The zero-order valence-electron chi connectivity index (χ0n) is 18.8. The summed E-state index contributed by atoms with van der Waals surface area (Å²) in [4.78, 5) is 25.9. The molecule has 1 aromatic carbocycles. The average molecular weight is 490 g/mol. The van der Waals surface area contributed by atoms with Crippen LogP contribution < -0.4 is 11.0 Å². The Bertz CT molecular complexity index is 1330. The summed E-state index contributed by atoms with van der Waals surface area (Å²) in [5.41, 5.74) is 2.42. The van der Waals surface area contributed by atoms with Crippen molar-refractivity contribution in [1.29, 1.82) is 0 Å². The highest BCUT2D eigenvalue weighted by atomic mass is 32.2. The number of rotatable bonds is 6. The van der Waals surface area contributed by atoms with Crippen LogP contribution in [0.1, 0.15) is 35.7 Å². The van der Waals surface area contributed by atoms with Crippen molar-refractivity contribution in [3.05, 3.63) is 63.1 Å². The van der Waals surface area contributed by atoms with Crippen LogP contribution in [0, 0.1) is 13.8 Å². The molecule has 33 heavy (non-hydrogen) atoms. The molecule has 1 aliphatic heterocycles. The number of sulfonamides is 1. The topological polar surface area (TPSA) is 106 Å². The van der Waals surface area contributed by atoms with Crippen LogP contribution in [0.4, 0.5) is 5.69 Å². The normalized spacial score (nSPS) is 17.2. The molecular weight excluding hydrogens is 462 g/mol. The molecule has 1 N–H and O–H groups in total. The predicted molar refractivity (Wildman–Crippen MR) is 129 cm³/mol. The van der Waals surface area contributed by atoms with Gasteiger partial charge in [0.2, 0.25) is 15.9 Å². The minimum absolute atomic E-state index is 0.236. The molecule has 3 aromatic rings. The van der Waals surface area contributed by atoms with E-state index in [-0.39, 0.29) is 24.9 Å². The van der Waals surface area contributed by atoms with Gasteiger partial charge in [0.1, 0.15) is 17.4 Å². The minimum atomic E-state index is -3.35. The first-order valence-electron chi connectivity index (χ1n) is 10.7. The summed E-state index contributed by atoms with van der Waals surface area (Å²) >= 11 is 1.39. The van der Waals surface area contributed by atoms with Gasteiger partial charge in [0, 0.05) is 24.7 Å². The van der Waals surface area contributed by atoms with Crippen LogP contribution in [0.15, 0.2) is 40.5 Å². The largest absolute Gasteiger partial charge is 0.351 e. The standard InChI is InChI=1S/C22H27N5O4S2/c1-15-8-9-18(12-16(15)2)23-19(28)14-26-22(29)27(20-7-5-11-32-20)21(24-26)17-6-4-10-25(13-17)33(3,30)31/h5,7-9,11-12,17H,4,6,10,13-14H2,1-3H3,(H,23,28). The van der Waals surface area contributed by atoms with Crippen molar-refractivity contribution < 1.29 is 13.2 Å². The van der Waals surface area contributed by atoms with E-state index in [2.05, 4.69) is 10.4 Å². The minimum Gasteiger partial charge on any atom is -0.324 e. The van der Waals surface area contributed by atoms with Gasteiger partial charge in [-0.15, -0.1) is 11.3 Å². The molecule has 3 heterocycles. The number of carbonyl (C=O) groups is 1. The highest BCUT2D eigenvalue weighted by Crippen LogP contribution is 2.28. The van der Waals surface area contributed by atoms with E-state index in [1.165, 1.54) is 26.5 Å². The maximum Gasteiger partial charge on any atom is 0.351 e. The van der Waals surface area contributed by atoms with Gasteiger partial charge in [-0.05, 0) is 67.5 Å². The molecule has 1 amide bonds. The molecule has 0 saturated carbocycles. The molecule has 1 unspecified atom stereocenters. The molecule has 0 spiro atoms.